The maximum atomic E-state index is 11.6. The van der Waals surface area contributed by atoms with E-state index in [9.17, 15) is 9.59 Å². The van der Waals surface area contributed by atoms with Gasteiger partial charge in [0.2, 0.25) is 0 Å². The molecule has 25 heavy (non-hydrogen) atoms. The van der Waals surface area contributed by atoms with Crippen LogP contribution in [0.25, 0.3) is 0 Å². The number of aliphatic carboxylic acids is 1. The number of hydrazone groups is 1. The Morgan fingerprint density at radius 2 is 1.96 bits per heavy atom. The van der Waals surface area contributed by atoms with Gasteiger partial charge in [-0.25, -0.2) is 4.79 Å². The Hall–Kier alpha value is -1.36. The van der Waals surface area contributed by atoms with Gasteiger partial charge < -0.3 is 20.9 Å². The summed E-state index contributed by atoms with van der Waals surface area (Å²) in [4.78, 5) is 24.5. The number of carboxylic acid groups (broad SMARTS) is 1. The van der Waals surface area contributed by atoms with Gasteiger partial charge in [0.05, 0.1) is 12.1 Å². The van der Waals surface area contributed by atoms with Gasteiger partial charge in [-0.1, -0.05) is 11.8 Å². The number of hydrogen-bond acceptors (Lipinski definition) is 8. The average Bonchev–Trinajstić information content (AvgIpc) is 3.07. The minimum Gasteiger partial charge on any atom is -0.480 e. The Labute approximate surface area is 150 Å². The normalized spacial score (nSPS) is 31.0. The van der Waals surface area contributed by atoms with Gasteiger partial charge in [-0.3, -0.25) is 14.7 Å². The number of nitrogens with two attached hydrogens (primary N) is 1. The lowest BCUT2D eigenvalue weighted by Gasteiger charge is -2.41. The zero-order valence-electron chi connectivity index (χ0n) is 14.1. The molecule has 10 heteroatoms. The third kappa shape index (κ3) is 4.63. The number of carbonyl (C=O) groups excluding carboxylic acids is 1. The maximum Gasteiger partial charge on any atom is 0.329 e. The first-order valence-electron chi connectivity index (χ1n) is 8.66. The molecule has 1 amide bonds. The molecular formula is C15H25N5O4S. The molecule has 2 aliphatic heterocycles. The van der Waals surface area contributed by atoms with Gasteiger partial charge in [0, 0.05) is 26.2 Å². The van der Waals surface area contributed by atoms with E-state index in [1.807, 2.05) is 5.01 Å². The number of hydrogen-bond donors (Lipinski definition) is 3. The van der Waals surface area contributed by atoms with Crippen molar-refractivity contribution in [3.05, 3.63) is 0 Å². The van der Waals surface area contributed by atoms with Crippen LogP contribution >= 0.6 is 11.8 Å². The third-order valence-corrected chi connectivity index (χ3v) is 6.02. The zero-order valence-corrected chi connectivity index (χ0v) is 14.9. The fourth-order valence-corrected chi connectivity index (χ4v) is 4.66. The van der Waals surface area contributed by atoms with Crippen LogP contribution < -0.4 is 11.1 Å². The summed E-state index contributed by atoms with van der Waals surface area (Å²) in [6, 6.07) is 0.217. The molecule has 1 aliphatic carbocycles. The van der Waals surface area contributed by atoms with Crippen LogP contribution in [0.15, 0.2) is 5.10 Å². The van der Waals surface area contributed by atoms with E-state index < -0.39 is 11.9 Å². The first kappa shape index (κ1) is 18.4. The number of carboxylic acids is 1. The summed E-state index contributed by atoms with van der Waals surface area (Å²) >= 11 is 1.43. The molecule has 140 valence electrons. The van der Waals surface area contributed by atoms with Crippen molar-refractivity contribution in [3.63, 3.8) is 0 Å². The molecule has 1 saturated heterocycles. The highest BCUT2D eigenvalue weighted by Gasteiger charge is 2.40. The maximum absolute atomic E-state index is 11.6. The second-order valence-corrected chi connectivity index (χ2v) is 7.56. The highest BCUT2D eigenvalue weighted by molar-refractivity contribution is 8.16. The molecule has 0 spiro atoms. The van der Waals surface area contributed by atoms with Crippen LogP contribution in [0.5, 0.6) is 0 Å². The lowest BCUT2D eigenvalue weighted by atomic mass is 9.92. The number of primary amides is 1. The van der Waals surface area contributed by atoms with Gasteiger partial charge in [-0.2, -0.15) is 5.10 Å². The van der Waals surface area contributed by atoms with E-state index in [0.29, 0.717) is 5.04 Å². The van der Waals surface area contributed by atoms with Crippen molar-refractivity contribution in [1.29, 1.82) is 0 Å². The summed E-state index contributed by atoms with van der Waals surface area (Å²) < 4.78 is 5.41. The van der Waals surface area contributed by atoms with E-state index in [0.717, 1.165) is 51.9 Å². The van der Waals surface area contributed by atoms with Crippen molar-refractivity contribution in [2.45, 2.75) is 43.3 Å². The van der Waals surface area contributed by atoms with E-state index in [-0.39, 0.29) is 24.3 Å². The second kappa shape index (κ2) is 8.35. The third-order valence-electron chi connectivity index (χ3n) is 4.78. The first-order valence-corrected chi connectivity index (χ1v) is 9.54. The van der Waals surface area contributed by atoms with Gasteiger partial charge >= 0.3 is 5.97 Å². The van der Waals surface area contributed by atoms with Gasteiger partial charge in [0.25, 0.3) is 5.91 Å². The Morgan fingerprint density at radius 1 is 1.28 bits per heavy atom. The molecule has 2 heterocycles. The molecule has 2 fully saturated rings. The number of carbonyl (C=O) groups is 2. The predicted octanol–water partition coefficient (Wildman–Crippen LogP) is -0.565. The minimum atomic E-state index is -0.937. The van der Waals surface area contributed by atoms with Crippen LogP contribution in [0.2, 0.25) is 0 Å². The molecular weight excluding hydrogens is 346 g/mol. The van der Waals surface area contributed by atoms with Crippen molar-refractivity contribution in [1.82, 2.24) is 15.2 Å². The fraction of sp³-hybridized carbons (Fsp3) is 0.800. The lowest BCUT2D eigenvalue weighted by Crippen LogP contribution is -2.53. The van der Waals surface area contributed by atoms with Crippen LogP contribution in [-0.4, -0.2) is 82.4 Å². The number of nitrogens with one attached hydrogen (secondary N) is 1. The molecule has 1 saturated carbocycles. The Balaban J connectivity index is 1.61. The Kier molecular flexibility index (Phi) is 6.15. The zero-order chi connectivity index (χ0) is 17.8. The molecule has 0 aromatic carbocycles. The number of amides is 1. The van der Waals surface area contributed by atoms with Gasteiger partial charge in [0.15, 0.2) is 10.5 Å². The fourth-order valence-electron chi connectivity index (χ4n) is 3.51. The highest BCUT2D eigenvalue weighted by atomic mass is 32.2. The molecule has 0 aromatic heterocycles. The average molecular weight is 371 g/mol. The molecule has 1 atom stereocenters. The van der Waals surface area contributed by atoms with Crippen LogP contribution in [-0.2, 0) is 14.3 Å². The van der Waals surface area contributed by atoms with Gasteiger partial charge in [0.1, 0.15) is 6.61 Å². The highest BCUT2D eigenvalue weighted by Crippen LogP contribution is 2.35. The van der Waals surface area contributed by atoms with Gasteiger partial charge in [-0.05, 0) is 25.7 Å². The Morgan fingerprint density at radius 3 is 2.56 bits per heavy atom. The van der Waals surface area contributed by atoms with E-state index in [4.69, 9.17) is 15.6 Å². The molecule has 0 aromatic rings. The number of thioether (sulfide) groups is 1. The molecule has 1 unspecified atom stereocenters. The van der Waals surface area contributed by atoms with Crippen molar-refractivity contribution in [2.24, 2.45) is 10.8 Å². The number of rotatable bonds is 6. The summed E-state index contributed by atoms with van der Waals surface area (Å²) in [5.41, 5.74) is 5.45. The Bertz CT molecular complexity index is 532. The summed E-state index contributed by atoms with van der Waals surface area (Å²) in [7, 11) is 0. The summed E-state index contributed by atoms with van der Waals surface area (Å²) in [6.45, 7) is 3.42. The van der Waals surface area contributed by atoms with E-state index >= 15 is 0 Å². The predicted molar refractivity (Wildman–Crippen MR) is 93.9 cm³/mol. The van der Waals surface area contributed by atoms with E-state index in [1.54, 1.807) is 0 Å². The van der Waals surface area contributed by atoms with Crippen molar-refractivity contribution < 1.29 is 19.4 Å². The summed E-state index contributed by atoms with van der Waals surface area (Å²) in [5, 5.41) is 19.0. The second-order valence-electron chi connectivity index (χ2n) is 6.51. The quantitative estimate of drug-likeness (QED) is 0.568. The molecule has 0 radical (unpaired) electrons. The van der Waals surface area contributed by atoms with E-state index in [1.165, 1.54) is 11.8 Å². The van der Waals surface area contributed by atoms with Gasteiger partial charge in [-0.15, -0.1) is 0 Å². The van der Waals surface area contributed by atoms with Crippen LogP contribution in [0.3, 0.4) is 0 Å². The smallest absolute Gasteiger partial charge is 0.329 e. The lowest BCUT2D eigenvalue weighted by molar-refractivity contribution is -0.145. The van der Waals surface area contributed by atoms with Crippen molar-refractivity contribution in [2.75, 3.05) is 32.8 Å². The summed E-state index contributed by atoms with van der Waals surface area (Å²) in [6.07, 6.45) is 3.31. The van der Waals surface area contributed by atoms with E-state index in [2.05, 4.69) is 15.3 Å². The van der Waals surface area contributed by atoms with Crippen molar-refractivity contribution >= 4 is 28.7 Å². The standard InChI is InChI=1S/C15H25N5O4S/c16-13(23)14-18-20(15(25-14)19-7-5-17-6-8-19)10-1-3-11(4-2-10)24-9-12(21)22/h10-11,15,17H,1-9H2,(H2,16,23)(H,21,22). The number of ether oxygens (including phenoxy) is 1. The monoisotopic (exact) mass is 371 g/mol. The van der Waals surface area contributed by atoms with Crippen molar-refractivity contribution in [3.8, 4) is 0 Å². The molecule has 3 aliphatic rings. The van der Waals surface area contributed by atoms with Crippen LogP contribution in [0, 0.1) is 0 Å². The SMILES string of the molecule is NC(=O)C1=NN(C2CCC(OCC(=O)O)CC2)C(N2CCNCC2)S1. The van der Waals surface area contributed by atoms with Crippen LogP contribution in [0.4, 0.5) is 0 Å². The first-order chi connectivity index (χ1) is 12.0. The number of piperazine rings is 1. The summed E-state index contributed by atoms with van der Waals surface area (Å²) in [5.74, 6) is -1.42. The molecule has 4 N–H and O–H groups in total. The molecule has 3 rings (SSSR count). The largest absolute Gasteiger partial charge is 0.480 e. The molecule has 9 nitrogen and oxygen atoms in total. The van der Waals surface area contributed by atoms with Crippen LogP contribution in [0.1, 0.15) is 25.7 Å². The minimum absolute atomic E-state index is 0.00564. The molecule has 0 bridgehead atoms. The topological polar surface area (TPSA) is 120 Å². The number of nitrogens with zero attached hydrogens (tertiary/aromatic N) is 3.